The number of aryl methyl sites for hydroxylation is 1. The van der Waals surface area contributed by atoms with Crippen LogP contribution in [0.3, 0.4) is 0 Å². The lowest BCUT2D eigenvalue weighted by Crippen LogP contribution is -2.52. The van der Waals surface area contributed by atoms with E-state index in [4.69, 9.17) is 0 Å². The molecule has 148 valence electrons. The molecule has 1 aromatic carbocycles. The highest BCUT2D eigenvalue weighted by Crippen LogP contribution is 2.28. The number of piperazine rings is 1. The van der Waals surface area contributed by atoms with Crippen LogP contribution in [0.25, 0.3) is 5.69 Å². The molecule has 0 atom stereocenters. The molecule has 2 fully saturated rings. The molecule has 2 aliphatic rings. The minimum Gasteiger partial charge on any atom is -0.339 e. The number of hydrogen-bond donors (Lipinski definition) is 0. The number of halogens is 1. The van der Waals surface area contributed by atoms with E-state index in [0.29, 0.717) is 31.7 Å². The topological polar surface area (TPSA) is 58.4 Å². The third-order valence-electron chi connectivity index (χ3n) is 5.89. The first-order valence-corrected chi connectivity index (χ1v) is 10.6. The Morgan fingerprint density at radius 3 is 2.11 bits per heavy atom. The fourth-order valence-electron chi connectivity index (χ4n) is 3.85. The van der Waals surface area contributed by atoms with E-state index in [0.717, 1.165) is 34.4 Å². The summed E-state index contributed by atoms with van der Waals surface area (Å²) in [5.41, 5.74) is 3.57. The van der Waals surface area contributed by atoms with Gasteiger partial charge in [-0.2, -0.15) is 5.10 Å². The van der Waals surface area contributed by atoms with Crippen molar-refractivity contribution in [3.8, 4) is 5.69 Å². The minimum absolute atomic E-state index is 0.0249. The highest BCUT2D eigenvalue weighted by Gasteiger charge is 2.32. The molecule has 2 aromatic rings. The molecule has 0 spiro atoms. The molecule has 0 N–H and O–H groups in total. The summed E-state index contributed by atoms with van der Waals surface area (Å²) in [4.78, 5) is 29.0. The van der Waals surface area contributed by atoms with Gasteiger partial charge in [0.1, 0.15) is 0 Å². The number of aromatic nitrogens is 2. The van der Waals surface area contributed by atoms with Crippen molar-refractivity contribution >= 4 is 27.7 Å². The molecule has 0 radical (unpaired) electrons. The number of carbonyl (C=O) groups is 2. The van der Waals surface area contributed by atoms with Gasteiger partial charge in [-0.25, -0.2) is 4.68 Å². The van der Waals surface area contributed by atoms with Crippen molar-refractivity contribution in [3.05, 3.63) is 45.7 Å². The third-order valence-corrected chi connectivity index (χ3v) is 7.04. The van der Waals surface area contributed by atoms with Gasteiger partial charge in [-0.05, 0) is 66.9 Å². The van der Waals surface area contributed by atoms with E-state index >= 15 is 0 Å². The van der Waals surface area contributed by atoms with Crippen molar-refractivity contribution in [1.82, 2.24) is 19.6 Å². The normalized spacial score (nSPS) is 17.5. The van der Waals surface area contributed by atoms with Gasteiger partial charge >= 0.3 is 0 Å². The zero-order chi connectivity index (χ0) is 19.8. The average Bonchev–Trinajstić information content (AvgIpc) is 2.94. The molecule has 6 nitrogen and oxygen atoms in total. The van der Waals surface area contributed by atoms with Crippen molar-refractivity contribution in [2.24, 2.45) is 5.92 Å². The van der Waals surface area contributed by atoms with Crippen LogP contribution in [-0.2, 0) is 4.79 Å². The summed E-state index contributed by atoms with van der Waals surface area (Å²) in [5.74, 6) is 0.528. The molecular formula is C21H25BrN4O2. The zero-order valence-corrected chi connectivity index (χ0v) is 17.9. The monoisotopic (exact) mass is 444 g/mol. The van der Waals surface area contributed by atoms with E-state index < -0.39 is 0 Å². The molecule has 28 heavy (non-hydrogen) atoms. The Hall–Kier alpha value is -2.15. The Morgan fingerprint density at radius 2 is 1.61 bits per heavy atom. The molecule has 1 aliphatic heterocycles. The molecule has 1 aromatic heterocycles. The third kappa shape index (κ3) is 3.48. The SMILES string of the molecule is Cc1nn(-c2ccc(C(=O)N3CCN(C(=O)C4CCC4)CC3)cc2)c(C)c1Br. The molecule has 0 unspecified atom stereocenters. The van der Waals surface area contributed by atoms with Gasteiger partial charge in [0.2, 0.25) is 5.91 Å². The smallest absolute Gasteiger partial charge is 0.253 e. The number of benzene rings is 1. The summed E-state index contributed by atoms with van der Waals surface area (Å²) in [6.45, 7) is 6.44. The van der Waals surface area contributed by atoms with Gasteiger partial charge in [0, 0.05) is 37.7 Å². The average molecular weight is 445 g/mol. The van der Waals surface area contributed by atoms with Crippen molar-refractivity contribution in [2.45, 2.75) is 33.1 Å². The Bertz CT molecular complexity index is 894. The van der Waals surface area contributed by atoms with E-state index in [1.807, 2.05) is 52.6 Å². The predicted octanol–water partition coefficient (Wildman–Crippen LogP) is 3.34. The van der Waals surface area contributed by atoms with Crippen LogP contribution in [0.15, 0.2) is 28.7 Å². The maximum absolute atomic E-state index is 12.8. The summed E-state index contributed by atoms with van der Waals surface area (Å²) < 4.78 is 2.88. The number of carbonyl (C=O) groups excluding carboxylic acids is 2. The maximum atomic E-state index is 12.8. The van der Waals surface area contributed by atoms with Crippen molar-refractivity contribution < 1.29 is 9.59 Å². The van der Waals surface area contributed by atoms with E-state index in [-0.39, 0.29) is 17.7 Å². The molecule has 7 heteroatoms. The van der Waals surface area contributed by atoms with Gasteiger partial charge < -0.3 is 9.80 Å². The van der Waals surface area contributed by atoms with Crippen LogP contribution in [-0.4, -0.2) is 57.6 Å². The number of rotatable bonds is 3. The van der Waals surface area contributed by atoms with Crippen LogP contribution in [0.2, 0.25) is 0 Å². The van der Waals surface area contributed by atoms with Gasteiger partial charge in [-0.1, -0.05) is 6.42 Å². The van der Waals surface area contributed by atoms with Gasteiger partial charge in [0.05, 0.1) is 21.5 Å². The first kappa shape index (κ1) is 19.2. The molecule has 1 aliphatic carbocycles. The second-order valence-electron chi connectivity index (χ2n) is 7.69. The largest absolute Gasteiger partial charge is 0.339 e. The Kier molecular flexibility index (Phi) is 5.27. The quantitative estimate of drug-likeness (QED) is 0.729. The Morgan fingerprint density at radius 1 is 1.00 bits per heavy atom. The fraction of sp³-hybridized carbons (Fsp3) is 0.476. The summed E-state index contributed by atoms with van der Waals surface area (Å²) in [5, 5.41) is 4.53. The highest BCUT2D eigenvalue weighted by atomic mass is 79.9. The first-order chi connectivity index (χ1) is 13.5. The second-order valence-corrected chi connectivity index (χ2v) is 8.48. The summed E-state index contributed by atoms with van der Waals surface area (Å²) in [6, 6.07) is 7.56. The lowest BCUT2D eigenvalue weighted by atomic mass is 9.84. The van der Waals surface area contributed by atoms with Crippen molar-refractivity contribution in [2.75, 3.05) is 26.2 Å². The van der Waals surface area contributed by atoms with Gasteiger partial charge in [-0.3, -0.25) is 9.59 Å². The van der Waals surface area contributed by atoms with Gasteiger partial charge in [-0.15, -0.1) is 0 Å². The fourth-order valence-corrected chi connectivity index (χ4v) is 4.09. The number of amides is 2. The molecule has 1 saturated heterocycles. The van der Waals surface area contributed by atoms with Crippen LogP contribution in [0.1, 0.15) is 41.0 Å². The van der Waals surface area contributed by atoms with E-state index in [1.165, 1.54) is 6.42 Å². The van der Waals surface area contributed by atoms with Gasteiger partial charge in [0.25, 0.3) is 5.91 Å². The predicted molar refractivity (Wildman–Crippen MR) is 111 cm³/mol. The Labute approximate surface area is 173 Å². The van der Waals surface area contributed by atoms with Crippen molar-refractivity contribution in [3.63, 3.8) is 0 Å². The maximum Gasteiger partial charge on any atom is 0.253 e. The summed E-state index contributed by atoms with van der Waals surface area (Å²) in [6.07, 6.45) is 3.21. The summed E-state index contributed by atoms with van der Waals surface area (Å²) in [7, 11) is 0. The standard InChI is InChI=1S/C21H25BrN4O2/c1-14-19(22)15(2)26(23-14)18-8-6-17(7-9-18)21(28)25-12-10-24(11-13-25)20(27)16-4-3-5-16/h6-9,16H,3-5,10-13H2,1-2H3. The van der Waals surface area contributed by atoms with Crippen LogP contribution in [0.5, 0.6) is 0 Å². The molecule has 0 bridgehead atoms. The van der Waals surface area contributed by atoms with E-state index in [9.17, 15) is 9.59 Å². The molecule has 2 heterocycles. The lowest BCUT2D eigenvalue weighted by molar-refractivity contribution is -0.139. The lowest BCUT2D eigenvalue weighted by Gasteiger charge is -2.38. The Balaban J connectivity index is 1.40. The van der Waals surface area contributed by atoms with Crippen LogP contribution in [0, 0.1) is 19.8 Å². The highest BCUT2D eigenvalue weighted by molar-refractivity contribution is 9.10. The summed E-state index contributed by atoms with van der Waals surface area (Å²) >= 11 is 3.55. The van der Waals surface area contributed by atoms with Crippen LogP contribution >= 0.6 is 15.9 Å². The number of hydrogen-bond acceptors (Lipinski definition) is 3. The molecular weight excluding hydrogens is 420 g/mol. The first-order valence-electron chi connectivity index (χ1n) is 9.86. The zero-order valence-electron chi connectivity index (χ0n) is 16.3. The number of nitrogens with zero attached hydrogens (tertiary/aromatic N) is 4. The van der Waals surface area contributed by atoms with Crippen LogP contribution in [0.4, 0.5) is 0 Å². The van der Waals surface area contributed by atoms with E-state index in [1.54, 1.807) is 0 Å². The van der Waals surface area contributed by atoms with E-state index in [2.05, 4.69) is 21.0 Å². The van der Waals surface area contributed by atoms with Crippen molar-refractivity contribution in [1.29, 1.82) is 0 Å². The minimum atomic E-state index is 0.0249. The molecule has 4 rings (SSSR count). The second kappa shape index (κ2) is 7.70. The molecule has 2 amide bonds. The molecule has 1 saturated carbocycles. The van der Waals surface area contributed by atoms with Crippen LogP contribution < -0.4 is 0 Å². The van der Waals surface area contributed by atoms with Gasteiger partial charge in [0.15, 0.2) is 0 Å².